The molecule has 0 nitrogen and oxygen atoms in total. The molecule has 0 N–H and O–H groups in total. The minimum Gasteiger partial charge on any atom is -1.00 e. The predicted molar refractivity (Wildman–Crippen MR) is 13.0 cm³/mol. The van der Waals surface area contributed by atoms with Gasteiger partial charge in [-0.2, -0.15) is 0 Å². The summed E-state index contributed by atoms with van der Waals surface area (Å²) in [5.74, 6) is 0. The molecule has 1 heteroatoms. The average Bonchev–Trinajstić information content (AvgIpc) is 1.50. The fourth-order valence-electron chi connectivity index (χ4n) is 0. The predicted octanol–water partition coefficient (Wildman–Crippen LogP) is 0.323. The van der Waals surface area contributed by atoms with E-state index in [0.29, 0.717) is 0 Å². The van der Waals surface area contributed by atoms with Gasteiger partial charge in [-0.3, -0.25) is 0 Å². The topological polar surface area (TPSA) is 0 Å². The molecule has 0 aliphatic rings. The van der Waals surface area contributed by atoms with Gasteiger partial charge in [-0.1, -0.05) is 0 Å². The second-order valence-electron chi connectivity index (χ2n) is 0. The first-order chi connectivity index (χ1) is 2.00. The molecule has 0 saturated carbocycles. The quantitative estimate of drug-likeness (QED) is 0.424. The van der Waals surface area contributed by atoms with Crippen molar-refractivity contribution in [2.75, 3.05) is 0 Å². The van der Waals surface area contributed by atoms with Gasteiger partial charge in [0.05, 0.1) is 0 Å². The maximum atomic E-state index is 5.00. The van der Waals surface area contributed by atoms with E-state index in [4.69, 9.17) is 25.7 Å². The zero-order chi connectivity index (χ0) is 4.00. The van der Waals surface area contributed by atoms with Crippen molar-refractivity contribution in [3.8, 4) is 0 Å². The molecule has 0 unspecified atom stereocenters. The smallest absolute Gasteiger partial charge is 1.00 e. The van der Waals surface area contributed by atoms with E-state index in [2.05, 4.69) is 0 Å². The van der Waals surface area contributed by atoms with Crippen molar-refractivity contribution in [3.05, 3.63) is 25.7 Å². The van der Waals surface area contributed by atoms with Crippen LogP contribution in [0.4, 0.5) is 0 Å². The van der Waals surface area contributed by atoms with Gasteiger partial charge in [0.1, 0.15) is 0 Å². The molecule has 0 spiro atoms. The van der Waals surface area contributed by atoms with Gasteiger partial charge >= 0.3 is 21.1 Å². The molecular formula is C4Pt. The van der Waals surface area contributed by atoms with Gasteiger partial charge in [-0.15, -0.1) is 0 Å². The Morgan fingerprint density at radius 3 is 0.600 bits per heavy atom. The first-order valence-corrected chi connectivity index (χ1v) is 0.500. The number of hydrogen-bond acceptors (Lipinski definition) is 0. The van der Waals surface area contributed by atoms with Gasteiger partial charge in [0.25, 0.3) is 0 Å². The average molecular weight is 243 g/mol. The molecule has 0 aromatic rings. The first kappa shape index (κ1) is 21.3. The molecule has 0 aromatic carbocycles. The largest absolute Gasteiger partial charge is 4.00 e. The van der Waals surface area contributed by atoms with Crippen molar-refractivity contribution < 1.29 is 21.1 Å². The fraction of sp³-hybridized carbons (Fsp3) is 0. The molecule has 0 heterocycles. The van der Waals surface area contributed by atoms with Crippen LogP contribution in [0.3, 0.4) is 0 Å². The Hall–Kier alpha value is -0.192. The Morgan fingerprint density at radius 2 is 0.600 bits per heavy atom. The molecule has 0 amide bonds. The Labute approximate surface area is 47.2 Å². The van der Waals surface area contributed by atoms with Gasteiger partial charge in [0, 0.05) is 0 Å². The summed E-state index contributed by atoms with van der Waals surface area (Å²) in [5, 5.41) is 0. The van der Waals surface area contributed by atoms with E-state index in [1.165, 1.54) is 0 Å². The van der Waals surface area contributed by atoms with Crippen LogP contribution in [0, 0.1) is 25.7 Å². The van der Waals surface area contributed by atoms with Crippen molar-refractivity contribution in [2.45, 2.75) is 0 Å². The van der Waals surface area contributed by atoms with E-state index >= 15 is 0 Å². The molecule has 0 fully saturated rings. The van der Waals surface area contributed by atoms with Gasteiger partial charge in [-0.25, -0.2) is 0 Å². The van der Waals surface area contributed by atoms with Crippen LogP contribution in [0.1, 0.15) is 0 Å². The summed E-state index contributed by atoms with van der Waals surface area (Å²) in [6.07, 6.45) is 20.0. The van der Waals surface area contributed by atoms with Crippen LogP contribution in [0.15, 0.2) is 0 Å². The van der Waals surface area contributed by atoms with E-state index in [9.17, 15) is 0 Å². The third-order valence-corrected chi connectivity index (χ3v) is 0. The van der Waals surface area contributed by atoms with Crippen molar-refractivity contribution >= 4 is 0 Å². The Morgan fingerprint density at radius 1 is 0.600 bits per heavy atom. The third-order valence-electron chi connectivity index (χ3n) is 0. The summed E-state index contributed by atoms with van der Waals surface area (Å²) in [4.78, 5) is 0. The first-order valence-electron chi connectivity index (χ1n) is 0.500. The molecule has 0 saturated heterocycles. The normalized spacial score (nSPS) is 0.800. The van der Waals surface area contributed by atoms with E-state index in [-0.39, 0.29) is 21.1 Å². The molecule has 0 aliphatic carbocycles. The van der Waals surface area contributed by atoms with E-state index in [1.807, 2.05) is 0 Å². The summed E-state index contributed by atoms with van der Waals surface area (Å²) < 4.78 is 0. The van der Waals surface area contributed by atoms with E-state index in [0.717, 1.165) is 0 Å². The van der Waals surface area contributed by atoms with Crippen LogP contribution < -0.4 is 0 Å². The molecule has 0 radical (unpaired) electrons. The standard InChI is InChI=1S/2C2.Pt/c2*1-2;/q2*-2;+4. The monoisotopic (exact) mass is 243 g/mol. The van der Waals surface area contributed by atoms with Crippen LogP contribution in [-0.4, -0.2) is 0 Å². The molecule has 0 rings (SSSR count). The van der Waals surface area contributed by atoms with E-state index in [1.54, 1.807) is 0 Å². The van der Waals surface area contributed by atoms with Gasteiger partial charge < -0.3 is 25.7 Å². The van der Waals surface area contributed by atoms with Crippen LogP contribution >= 0.6 is 0 Å². The van der Waals surface area contributed by atoms with Crippen LogP contribution in [-0.2, 0) is 21.1 Å². The second kappa shape index (κ2) is 817. The number of rotatable bonds is 0. The van der Waals surface area contributed by atoms with Crippen molar-refractivity contribution in [1.29, 1.82) is 0 Å². The summed E-state index contributed by atoms with van der Waals surface area (Å²) in [7, 11) is 0. The molecule has 0 aliphatic heterocycles. The summed E-state index contributed by atoms with van der Waals surface area (Å²) in [6, 6.07) is 0. The molecular weight excluding hydrogens is 243 g/mol. The number of hydrogen-bond donors (Lipinski definition) is 0. The Bertz CT molecular complexity index is 19.1. The molecule has 0 bridgehead atoms. The van der Waals surface area contributed by atoms with Gasteiger partial charge in [-0.05, 0) is 0 Å². The molecule has 0 atom stereocenters. The zero-order valence-electron chi connectivity index (χ0n) is 2.32. The maximum Gasteiger partial charge on any atom is 4.00 e. The summed E-state index contributed by atoms with van der Waals surface area (Å²) in [5.41, 5.74) is 0. The fourth-order valence-corrected chi connectivity index (χ4v) is 0. The van der Waals surface area contributed by atoms with Crippen LogP contribution in [0.25, 0.3) is 0 Å². The van der Waals surface area contributed by atoms with Crippen LogP contribution in [0.2, 0.25) is 0 Å². The molecule has 0 aromatic heterocycles. The second-order valence-corrected chi connectivity index (χ2v) is 0. The van der Waals surface area contributed by atoms with E-state index < -0.39 is 0 Å². The minimum atomic E-state index is 0. The maximum absolute atomic E-state index is 5.00. The zero-order valence-corrected chi connectivity index (χ0v) is 4.59. The summed E-state index contributed by atoms with van der Waals surface area (Å²) >= 11 is 0. The molecule has 26 valence electrons. The van der Waals surface area contributed by atoms with Crippen molar-refractivity contribution in [1.82, 2.24) is 0 Å². The van der Waals surface area contributed by atoms with Gasteiger partial charge in [0.2, 0.25) is 0 Å². The summed E-state index contributed by atoms with van der Waals surface area (Å²) in [6.45, 7) is 0. The Balaban J connectivity index is -0.0000000133. The van der Waals surface area contributed by atoms with Crippen molar-refractivity contribution in [2.24, 2.45) is 0 Å². The third kappa shape index (κ3) is 339. The van der Waals surface area contributed by atoms with Gasteiger partial charge in [0.15, 0.2) is 0 Å². The van der Waals surface area contributed by atoms with Crippen molar-refractivity contribution in [3.63, 3.8) is 0 Å². The SMILES string of the molecule is [C-]#[C-].[C-]#[C-].[Pt+4]. The van der Waals surface area contributed by atoms with Crippen LogP contribution in [0.5, 0.6) is 0 Å². The Kier molecular flexibility index (Phi) is 3490. The molecule has 5 heavy (non-hydrogen) atoms. The minimum absolute atomic E-state index is 0.